The zero-order valence-electron chi connectivity index (χ0n) is 21.7. The topological polar surface area (TPSA) is 84.3 Å². The van der Waals surface area contributed by atoms with Crippen molar-refractivity contribution < 1.29 is 9.53 Å². The molecule has 3 aromatic rings. The minimum atomic E-state index is -0.249. The van der Waals surface area contributed by atoms with E-state index in [1.807, 2.05) is 17.1 Å². The summed E-state index contributed by atoms with van der Waals surface area (Å²) in [4.78, 5) is 20.3. The number of rotatable bonds is 6. The monoisotopic (exact) mass is 490 g/mol. The van der Waals surface area contributed by atoms with Crippen LogP contribution in [-0.4, -0.2) is 71.5 Å². The number of carbonyl (C=O) groups excluding carboxylic acids is 1. The maximum absolute atomic E-state index is 13.4. The highest BCUT2D eigenvalue weighted by molar-refractivity contribution is 6.06. The van der Waals surface area contributed by atoms with Gasteiger partial charge >= 0.3 is 0 Å². The lowest BCUT2D eigenvalue weighted by Crippen LogP contribution is -2.42. The van der Waals surface area contributed by atoms with Crippen molar-refractivity contribution in [3.63, 3.8) is 0 Å². The summed E-state index contributed by atoms with van der Waals surface area (Å²) in [6, 6.07) is 8.46. The van der Waals surface area contributed by atoms with Gasteiger partial charge in [0.25, 0.3) is 5.91 Å². The molecule has 0 radical (unpaired) electrons. The van der Waals surface area contributed by atoms with Gasteiger partial charge in [0, 0.05) is 75.8 Å². The van der Waals surface area contributed by atoms with Crippen molar-refractivity contribution in [1.29, 1.82) is 0 Å². The molecule has 0 spiro atoms. The molecule has 2 N–H and O–H groups in total. The molecule has 1 aromatic carbocycles. The summed E-state index contributed by atoms with van der Waals surface area (Å²) in [5.74, 6) is 0.344. The Morgan fingerprint density at radius 1 is 1.17 bits per heavy atom. The number of fused-ring (bicyclic) bond motifs is 1. The van der Waals surface area contributed by atoms with E-state index >= 15 is 0 Å². The average molecular weight is 491 g/mol. The molecule has 192 valence electrons. The van der Waals surface area contributed by atoms with Crippen LogP contribution >= 0.6 is 0 Å². The highest BCUT2D eigenvalue weighted by Gasteiger charge is 2.25. The SMILES string of the molecule is CC(C)(C)n1nc(C(=O)NCC2CCOCC2)c2cc(-c3cnccc3CN3CCNCC3)ccc21. The summed E-state index contributed by atoms with van der Waals surface area (Å²) in [7, 11) is 0. The molecular weight excluding hydrogens is 452 g/mol. The molecule has 0 atom stereocenters. The predicted octanol–water partition coefficient (Wildman–Crippen LogP) is 3.41. The van der Waals surface area contributed by atoms with Gasteiger partial charge in [0.1, 0.15) is 0 Å². The van der Waals surface area contributed by atoms with Crippen molar-refractivity contribution in [2.45, 2.75) is 45.7 Å². The van der Waals surface area contributed by atoms with Crippen molar-refractivity contribution in [3.8, 4) is 11.1 Å². The maximum atomic E-state index is 13.4. The van der Waals surface area contributed by atoms with Gasteiger partial charge in [0.2, 0.25) is 0 Å². The Bertz CT molecular complexity index is 1200. The molecule has 4 heterocycles. The highest BCUT2D eigenvalue weighted by atomic mass is 16.5. The van der Waals surface area contributed by atoms with Crippen LogP contribution in [0.1, 0.15) is 49.7 Å². The van der Waals surface area contributed by atoms with E-state index < -0.39 is 0 Å². The largest absolute Gasteiger partial charge is 0.381 e. The number of benzene rings is 1. The normalized spacial score (nSPS) is 18.0. The van der Waals surface area contributed by atoms with E-state index in [-0.39, 0.29) is 11.4 Å². The van der Waals surface area contributed by atoms with Crippen LogP contribution in [0.5, 0.6) is 0 Å². The van der Waals surface area contributed by atoms with Gasteiger partial charge in [-0.15, -0.1) is 0 Å². The Hall–Kier alpha value is -2.81. The molecule has 0 bridgehead atoms. The van der Waals surface area contributed by atoms with Crippen LogP contribution in [-0.2, 0) is 16.8 Å². The fraction of sp³-hybridized carbons (Fsp3) is 0.536. The molecule has 8 heteroatoms. The molecule has 0 aliphatic carbocycles. The van der Waals surface area contributed by atoms with Crippen molar-refractivity contribution in [2.75, 3.05) is 45.9 Å². The Morgan fingerprint density at radius 3 is 2.69 bits per heavy atom. The summed E-state index contributed by atoms with van der Waals surface area (Å²) in [6.07, 6.45) is 5.78. The standard InChI is InChI=1S/C28H38N6O2/c1-28(2,3)34-25-5-4-21(24-18-30-9-6-22(24)19-33-12-10-29-11-13-33)16-23(25)26(32-34)27(35)31-17-20-7-14-36-15-8-20/h4-6,9,16,18,20,29H,7-8,10-15,17,19H2,1-3H3,(H,31,35). The third-order valence-electron chi connectivity index (χ3n) is 7.25. The molecule has 8 nitrogen and oxygen atoms in total. The van der Waals surface area contributed by atoms with E-state index in [9.17, 15) is 4.79 Å². The van der Waals surface area contributed by atoms with Crippen molar-refractivity contribution in [2.24, 2.45) is 5.92 Å². The number of carbonyl (C=O) groups is 1. The van der Waals surface area contributed by atoms with Gasteiger partial charge in [0.05, 0.1) is 11.1 Å². The smallest absolute Gasteiger partial charge is 0.272 e. The lowest BCUT2D eigenvalue weighted by Gasteiger charge is -2.28. The first-order valence-corrected chi connectivity index (χ1v) is 13.2. The molecule has 36 heavy (non-hydrogen) atoms. The van der Waals surface area contributed by atoms with Crippen molar-refractivity contribution in [1.82, 2.24) is 30.3 Å². The summed E-state index contributed by atoms with van der Waals surface area (Å²) < 4.78 is 7.44. The van der Waals surface area contributed by atoms with E-state index in [1.54, 1.807) is 0 Å². The molecule has 2 aliphatic heterocycles. The average Bonchev–Trinajstić information content (AvgIpc) is 3.29. The predicted molar refractivity (Wildman–Crippen MR) is 142 cm³/mol. The first-order valence-electron chi connectivity index (χ1n) is 13.2. The quantitative estimate of drug-likeness (QED) is 0.551. The van der Waals surface area contributed by atoms with E-state index in [0.717, 1.165) is 80.8 Å². The van der Waals surface area contributed by atoms with E-state index in [0.29, 0.717) is 18.2 Å². The molecule has 2 aliphatic rings. The number of amides is 1. The van der Waals surface area contributed by atoms with Crippen LogP contribution in [0.3, 0.4) is 0 Å². The Morgan fingerprint density at radius 2 is 1.94 bits per heavy atom. The zero-order valence-corrected chi connectivity index (χ0v) is 21.7. The molecule has 1 amide bonds. The molecule has 0 unspecified atom stereocenters. The molecule has 0 saturated carbocycles. The summed E-state index contributed by atoms with van der Waals surface area (Å²) >= 11 is 0. The van der Waals surface area contributed by atoms with Crippen LogP contribution < -0.4 is 10.6 Å². The summed E-state index contributed by atoms with van der Waals surface area (Å²) in [5, 5.41) is 12.3. The molecule has 2 aromatic heterocycles. The summed E-state index contributed by atoms with van der Waals surface area (Å²) in [5.41, 5.74) is 4.62. The molecule has 2 saturated heterocycles. The van der Waals surface area contributed by atoms with Crippen LogP contribution in [0.25, 0.3) is 22.0 Å². The first-order chi connectivity index (χ1) is 17.4. The number of aromatic nitrogens is 3. The highest BCUT2D eigenvalue weighted by Crippen LogP contribution is 2.31. The molecule has 5 rings (SSSR count). The van der Waals surface area contributed by atoms with Crippen LogP contribution in [0.15, 0.2) is 36.7 Å². The summed E-state index contributed by atoms with van der Waals surface area (Å²) in [6.45, 7) is 13.5. The van der Waals surface area contributed by atoms with Gasteiger partial charge in [-0.2, -0.15) is 5.10 Å². The zero-order chi connectivity index (χ0) is 25.1. The van der Waals surface area contributed by atoms with Crippen molar-refractivity contribution >= 4 is 16.8 Å². The Labute approximate surface area is 213 Å². The number of nitrogens with zero attached hydrogens (tertiary/aromatic N) is 4. The van der Waals surface area contributed by atoms with Crippen LogP contribution in [0, 0.1) is 5.92 Å². The minimum Gasteiger partial charge on any atom is -0.381 e. The van der Waals surface area contributed by atoms with E-state index in [1.165, 1.54) is 5.56 Å². The fourth-order valence-corrected chi connectivity index (χ4v) is 5.17. The molecule has 2 fully saturated rings. The van der Waals surface area contributed by atoms with Gasteiger partial charge in [-0.3, -0.25) is 19.4 Å². The van der Waals surface area contributed by atoms with Gasteiger partial charge in [-0.1, -0.05) is 6.07 Å². The van der Waals surface area contributed by atoms with E-state index in [4.69, 9.17) is 9.84 Å². The van der Waals surface area contributed by atoms with Gasteiger partial charge in [-0.25, -0.2) is 0 Å². The maximum Gasteiger partial charge on any atom is 0.272 e. The number of pyridine rings is 1. The number of nitrogens with one attached hydrogen (secondary N) is 2. The first kappa shape index (κ1) is 24.9. The third-order valence-corrected chi connectivity index (χ3v) is 7.25. The number of hydrogen-bond acceptors (Lipinski definition) is 6. The Balaban J connectivity index is 1.48. The molecular formula is C28H38N6O2. The van der Waals surface area contributed by atoms with Gasteiger partial charge < -0.3 is 15.4 Å². The second kappa shape index (κ2) is 10.7. The van der Waals surface area contributed by atoms with Crippen molar-refractivity contribution in [3.05, 3.63) is 47.9 Å². The Kier molecular flexibility index (Phi) is 7.37. The minimum absolute atomic E-state index is 0.112. The van der Waals surface area contributed by atoms with E-state index in [2.05, 4.69) is 65.6 Å². The lowest BCUT2D eigenvalue weighted by molar-refractivity contribution is 0.0642. The number of hydrogen-bond donors (Lipinski definition) is 2. The second-order valence-electron chi connectivity index (χ2n) is 11.0. The second-order valence-corrected chi connectivity index (χ2v) is 11.0. The number of ether oxygens (including phenoxy) is 1. The number of piperazine rings is 1. The van der Waals surface area contributed by atoms with Crippen LogP contribution in [0.4, 0.5) is 0 Å². The van der Waals surface area contributed by atoms with Crippen LogP contribution in [0.2, 0.25) is 0 Å². The van der Waals surface area contributed by atoms with Gasteiger partial charge in [0.15, 0.2) is 5.69 Å². The van der Waals surface area contributed by atoms with Gasteiger partial charge in [-0.05, 0) is 68.9 Å². The lowest BCUT2D eigenvalue weighted by atomic mass is 9.98. The fourth-order valence-electron chi connectivity index (χ4n) is 5.17. The third kappa shape index (κ3) is 5.45.